The molecule has 0 aliphatic heterocycles. The first-order valence-corrected chi connectivity index (χ1v) is 6.40. The Kier molecular flexibility index (Phi) is 3.57. The van der Waals surface area contributed by atoms with Gasteiger partial charge in [-0.2, -0.15) is 0 Å². The van der Waals surface area contributed by atoms with E-state index in [0.717, 1.165) is 17.8 Å². The average molecular weight is 232 g/mol. The number of pyridine rings is 1. The maximum Gasteiger partial charge on any atom is 0.0604 e. The van der Waals surface area contributed by atoms with Gasteiger partial charge < -0.3 is 5.32 Å². The fraction of sp³-hybridized carbons (Fsp3) is 0.308. The lowest BCUT2D eigenvalue weighted by Crippen LogP contribution is -2.08. The van der Waals surface area contributed by atoms with E-state index >= 15 is 0 Å². The van der Waals surface area contributed by atoms with Gasteiger partial charge in [0.1, 0.15) is 0 Å². The molecule has 2 rings (SSSR count). The first-order chi connectivity index (χ1) is 7.79. The minimum Gasteiger partial charge on any atom is -0.376 e. The number of hydrogen-bond acceptors (Lipinski definition) is 3. The highest BCUT2D eigenvalue weighted by Gasteiger charge is 2.09. The van der Waals surface area contributed by atoms with Gasteiger partial charge in [-0.1, -0.05) is 13.0 Å². The number of nitrogens with zero attached hydrogens (tertiary/aromatic N) is 1. The molecule has 1 unspecified atom stereocenters. The molecule has 0 bridgehead atoms. The summed E-state index contributed by atoms with van der Waals surface area (Å²) in [5, 5.41) is 5.62. The zero-order valence-corrected chi connectivity index (χ0v) is 10.4. The van der Waals surface area contributed by atoms with Gasteiger partial charge in [-0.3, -0.25) is 4.98 Å². The van der Waals surface area contributed by atoms with Crippen molar-refractivity contribution in [1.82, 2.24) is 4.98 Å². The SMILES string of the molecule is CCC(Nc1ccc(C)nc1)c1cccs1. The number of aryl methyl sites for hydroxylation is 1. The van der Waals surface area contributed by atoms with E-state index in [0.29, 0.717) is 6.04 Å². The molecular formula is C13H16N2S. The standard InChI is InChI=1S/C13H16N2S/c1-3-12(13-5-4-8-16-13)15-11-7-6-10(2)14-9-11/h4-9,12,15H,3H2,1-2H3. The fourth-order valence-electron chi connectivity index (χ4n) is 1.62. The monoisotopic (exact) mass is 232 g/mol. The summed E-state index contributed by atoms with van der Waals surface area (Å²) in [6, 6.07) is 8.78. The Morgan fingerprint density at radius 2 is 2.25 bits per heavy atom. The van der Waals surface area contributed by atoms with Gasteiger partial charge in [0.25, 0.3) is 0 Å². The number of nitrogens with one attached hydrogen (secondary N) is 1. The van der Waals surface area contributed by atoms with Crippen molar-refractivity contribution < 1.29 is 0 Å². The van der Waals surface area contributed by atoms with Crippen LogP contribution < -0.4 is 5.32 Å². The van der Waals surface area contributed by atoms with Crippen molar-refractivity contribution in [1.29, 1.82) is 0 Å². The highest BCUT2D eigenvalue weighted by molar-refractivity contribution is 7.10. The molecule has 0 saturated carbocycles. The van der Waals surface area contributed by atoms with Crippen molar-refractivity contribution >= 4 is 17.0 Å². The van der Waals surface area contributed by atoms with Gasteiger partial charge in [0.05, 0.1) is 17.9 Å². The second-order valence-electron chi connectivity index (χ2n) is 3.81. The van der Waals surface area contributed by atoms with Gasteiger partial charge in [0, 0.05) is 10.6 Å². The molecule has 2 aromatic rings. The quantitative estimate of drug-likeness (QED) is 0.861. The lowest BCUT2D eigenvalue weighted by atomic mass is 10.2. The number of hydrogen-bond donors (Lipinski definition) is 1. The molecule has 3 heteroatoms. The Morgan fingerprint density at radius 1 is 1.38 bits per heavy atom. The van der Waals surface area contributed by atoms with Gasteiger partial charge in [-0.15, -0.1) is 11.3 Å². The second kappa shape index (κ2) is 5.12. The Labute approximate surface area is 100 Å². The topological polar surface area (TPSA) is 24.9 Å². The van der Waals surface area contributed by atoms with Crippen LogP contribution in [0.2, 0.25) is 0 Å². The predicted octanol–water partition coefficient (Wildman–Crippen LogP) is 4.01. The second-order valence-corrected chi connectivity index (χ2v) is 4.79. The highest BCUT2D eigenvalue weighted by Crippen LogP contribution is 2.25. The summed E-state index contributed by atoms with van der Waals surface area (Å²) in [4.78, 5) is 5.67. The van der Waals surface area contributed by atoms with Crippen LogP contribution in [-0.2, 0) is 0 Å². The third kappa shape index (κ3) is 2.61. The van der Waals surface area contributed by atoms with E-state index in [9.17, 15) is 0 Å². The zero-order chi connectivity index (χ0) is 11.4. The average Bonchev–Trinajstić information content (AvgIpc) is 2.82. The summed E-state index contributed by atoms with van der Waals surface area (Å²) in [5.41, 5.74) is 2.14. The maximum absolute atomic E-state index is 4.29. The molecule has 0 aliphatic carbocycles. The molecular weight excluding hydrogens is 216 g/mol. The molecule has 0 aliphatic rings. The van der Waals surface area contributed by atoms with Crippen molar-refractivity contribution in [3.8, 4) is 0 Å². The number of rotatable bonds is 4. The van der Waals surface area contributed by atoms with Crippen molar-refractivity contribution in [2.24, 2.45) is 0 Å². The molecule has 1 atom stereocenters. The Balaban J connectivity index is 2.10. The third-order valence-electron chi connectivity index (χ3n) is 2.55. The smallest absolute Gasteiger partial charge is 0.0604 e. The van der Waals surface area contributed by atoms with Crippen LogP contribution in [0.1, 0.15) is 30.0 Å². The molecule has 16 heavy (non-hydrogen) atoms. The van der Waals surface area contributed by atoms with E-state index in [4.69, 9.17) is 0 Å². The van der Waals surface area contributed by atoms with Gasteiger partial charge >= 0.3 is 0 Å². The van der Waals surface area contributed by atoms with Crippen LogP contribution in [0.3, 0.4) is 0 Å². The molecule has 84 valence electrons. The third-order valence-corrected chi connectivity index (χ3v) is 3.53. The molecule has 2 nitrogen and oxygen atoms in total. The van der Waals surface area contributed by atoms with Crippen molar-refractivity contribution in [2.45, 2.75) is 26.3 Å². The summed E-state index contributed by atoms with van der Waals surface area (Å²) < 4.78 is 0. The minimum absolute atomic E-state index is 0.393. The van der Waals surface area contributed by atoms with Gasteiger partial charge in [-0.25, -0.2) is 0 Å². The minimum atomic E-state index is 0.393. The van der Waals surface area contributed by atoms with E-state index in [1.807, 2.05) is 19.2 Å². The summed E-state index contributed by atoms with van der Waals surface area (Å²) >= 11 is 1.80. The van der Waals surface area contributed by atoms with Crippen LogP contribution in [0.15, 0.2) is 35.8 Å². The molecule has 0 amide bonds. The molecule has 0 fully saturated rings. The molecule has 0 aromatic carbocycles. The Bertz CT molecular complexity index is 420. The molecule has 1 N–H and O–H groups in total. The van der Waals surface area contributed by atoms with Crippen LogP contribution >= 0.6 is 11.3 Å². The Hall–Kier alpha value is -1.35. The van der Waals surface area contributed by atoms with E-state index in [-0.39, 0.29) is 0 Å². The predicted molar refractivity (Wildman–Crippen MR) is 69.9 cm³/mol. The first kappa shape index (κ1) is 11.1. The zero-order valence-electron chi connectivity index (χ0n) is 9.60. The number of thiophene rings is 1. The van der Waals surface area contributed by atoms with Crippen LogP contribution in [0.4, 0.5) is 5.69 Å². The van der Waals surface area contributed by atoms with Gasteiger partial charge in [0.15, 0.2) is 0 Å². The molecule has 0 spiro atoms. The summed E-state index contributed by atoms with van der Waals surface area (Å²) in [6.45, 7) is 4.19. The van der Waals surface area contributed by atoms with Crippen molar-refractivity contribution in [3.05, 3.63) is 46.4 Å². The van der Waals surface area contributed by atoms with Gasteiger partial charge in [-0.05, 0) is 36.9 Å². The van der Waals surface area contributed by atoms with E-state index in [2.05, 4.69) is 40.8 Å². The van der Waals surface area contributed by atoms with Crippen LogP contribution in [-0.4, -0.2) is 4.98 Å². The number of aromatic nitrogens is 1. The van der Waals surface area contributed by atoms with E-state index < -0.39 is 0 Å². The largest absolute Gasteiger partial charge is 0.376 e. The summed E-state index contributed by atoms with van der Waals surface area (Å²) in [5.74, 6) is 0. The lowest BCUT2D eigenvalue weighted by molar-refractivity contribution is 0.763. The summed E-state index contributed by atoms with van der Waals surface area (Å²) in [7, 11) is 0. The van der Waals surface area contributed by atoms with Crippen molar-refractivity contribution in [2.75, 3.05) is 5.32 Å². The molecule has 2 heterocycles. The maximum atomic E-state index is 4.29. The Morgan fingerprint density at radius 3 is 2.81 bits per heavy atom. The van der Waals surface area contributed by atoms with E-state index in [1.54, 1.807) is 11.3 Å². The van der Waals surface area contributed by atoms with E-state index in [1.165, 1.54) is 4.88 Å². The first-order valence-electron chi connectivity index (χ1n) is 5.52. The highest BCUT2D eigenvalue weighted by atomic mass is 32.1. The molecule has 0 radical (unpaired) electrons. The van der Waals surface area contributed by atoms with Crippen LogP contribution in [0, 0.1) is 6.92 Å². The van der Waals surface area contributed by atoms with Crippen LogP contribution in [0.25, 0.3) is 0 Å². The number of anilines is 1. The normalized spacial score (nSPS) is 12.4. The molecule has 2 aromatic heterocycles. The van der Waals surface area contributed by atoms with Crippen LogP contribution in [0.5, 0.6) is 0 Å². The summed E-state index contributed by atoms with van der Waals surface area (Å²) in [6.07, 6.45) is 2.97. The van der Waals surface area contributed by atoms with Gasteiger partial charge in [0.2, 0.25) is 0 Å². The fourth-order valence-corrected chi connectivity index (χ4v) is 2.48. The lowest BCUT2D eigenvalue weighted by Gasteiger charge is -2.16. The van der Waals surface area contributed by atoms with Crippen molar-refractivity contribution in [3.63, 3.8) is 0 Å². The molecule has 0 saturated heterocycles.